The highest BCUT2D eigenvalue weighted by molar-refractivity contribution is 5.91. The fourth-order valence-electron chi connectivity index (χ4n) is 13.6. The Morgan fingerprint density at radius 1 is 0.513 bits per heavy atom. The normalized spacial score (nSPS) is 23.2. The van der Waals surface area contributed by atoms with Crippen molar-refractivity contribution in [3.63, 3.8) is 0 Å². The molecular weight excluding hydrogens is 957 g/mol. The lowest BCUT2D eigenvalue weighted by molar-refractivity contribution is -0.167. The fourth-order valence-corrected chi connectivity index (χ4v) is 13.6. The minimum atomic E-state index is -0.950. The summed E-state index contributed by atoms with van der Waals surface area (Å²) in [5.41, 5.74) is 1.48. The summed E-state index contributed by atoms with van der Waals surface area (Å²) in [6.07, 6.45) is 42.3. The van der Waals surface area contributed by atoms with Crippen molar-refractivity contribution in [3.8, 4) is 0 Å². The molecule has 0 spiro atoms. The van der Waals surface area contributed by atoms with Crippen molar-refractivity contribution in [1.82, 2.24) is 0 Å². The first kappa shape index (κ1) is 65.3. The molecule has 0 bridgehead atoms. The third-order valence-electron chi connectivity index (χ3n) is 18.3. The molecule has 4 rings (SSSR count). The maximum atomic E-state index is 13.2. The molecule has 3 saturated carbocycles. The van der Waals surface area contributed by atoms with Crippen LogP contribution < -0.4 is 0 Å². The summed E-state index contributed by atoms with van der Waals surface area (Å²) in [6.45, 7) is 10.8. The molecule has 11 nitrogen and oxygen atoms in total. The Bertz CT molecular complexity index is 1680. The minimum Gasteiger partial charge on any atom is -0.466 e. The van der Waals surface area contributed by atoms with Gasteiger partial charge in [0.1, 0.15) is 19.3 Å². The van der Waals surface area contributed by atoms with Gasteiger partial charge >= 0.3 is 29.8 Å². The molecule has 4 aliphatic rings. The first-order chi connectivity index (χ1) is 36.8. The summed E-state index contributed by atoms with van der Waals surface area (Å²) in [7, 11) is 0. The topological polar surface area (TPSA) is 149 Å². The number of hydrogen-bond acceptors (Lipinski definition) is 11. The largest absolute Gasteiger partial charge is 0.466 e. The van der Waals surface area contributed by atoms with E-state index in [1.54, 1.807) is 6.92 Å². The van der Waals surface area contributed by atoms with Crippen molar-refractivity contribution < 1.29 is 52.5 Å². The summed E-state index contributed by atoms with van der Waals surface area (Å²) in [6, 6.07) is 0. The molecule has 0 amide bonds. The first-order valence-corrected chi connectivity index (χ1v) is 31.9. The standard InChI is InChI=1S/C65H110O11/c1-6-8-10-12-14-16-18-20-22-24-26-28-30-34-59(67)73-49-54(50-74-60(68)35-31-29-27-25-23-21-19-17-15-13-11-9-7-2)75-63(71)47-51(3)46-62(70)72-45-33-32-36-61(69)76-58-40-39-56-55-38-37-52-48-53(66)41-43-64(52,4)57(55)42-44-65(56,58)5/h48,51,54-58H,6-47,49-50H2,1-5H3/t51?,55-,56-,57-,58-,64-,65-/m0/s1. The number of esters is 5. The summed E-state index contributed by atoms with van der Waals surface area (Å²) in [5.74, 6) is -0.259. The number of hydrogen-bond donors (Lipinski definition) is 0. The monoisotopic (exact) mass is 1070 g/mol. The van der Waals surface area contributed by atoms with Crippen LogP contribution in [-0.2, 0) is 52.5 Å². The Kier molecular flexibility index (Phi) is 32.3. The minimum absolute atomic E-state index is 0.0161. The molecule has 7 atom stereocenters. The number of rotatable bonds is 43. The van der Waals surface area contributed by atoms with Gasteiger partial charge in [0.2, 0.25) is 0 Å². The average Bonchev–Trinajstić information content (AvgIpc) is 3.85. The first-order valence-electron chi connectivity index (χ1n) is 31.9. The Morgan fingerprint density at radius 3 is 1.51 bits per heavy atom. The molecule has 76 heavy (non-hydrogen) atoms. The highest BCUT2D eigenvalue weighted by atomic mass is 16.6. The quantitative estimate of drug-likeness (QED) is 0.0326. The third kappa shape index (κ3) is 24.4. The van der Waals surface area contributed by atoms with Crippen molar-refractivity contribution in [1.29, 1.82) is 0 Å². The molecule has 0 N–H and O–H groups in total. The van der Waals surface area contributed by atoms with Gasteiger partial charge in [-0.15, -0.1) is 0 Å². The van der Waals surface area contributed by atoms with E-state index in [1.165, 1.54) is 134 Å². The maximum absolute atomic E-state index is 13.2. The molecule has 3 fully saturated rings. The Labute approximate surface area is 462 Å². The molecule has 0 aromatic rings. The van der Waals surface area contributed by atoms with Crippen LogP contribution in [0.25, 0.3) is 0 Å². The summed E-state index contributed by atoms with van der Waals surface area (Å²) in [4.78, 5) is 76.8. The lowest BCUT2D eigenvalue weighted by Gasteiger charge is -2.57. The molecule has 0 saturated heterocycles. The van der Waals surface area contributed by atoms with Gasteiger partial charge in [0, 0.05) is 43.9 Å². The number of carbonyl (C=O) groups excluding carboxylic acids is 6. The van der Waals surface area contributed by atoms with Gasteiger partial charge in [-0.25, -0.2) is 0 Å². The Morgan fingerprint density at radius 2 is 0.987 bits per heavy atom. The highest BCUT2D eigenvalue weighted by Crippen LogP contribution is 2.65. The van der Waals surface area contributed by atoms with E-state index >= 15 is 0 Å². The van der Waals surface area contributed by atoms with E-state index in [0.717, 1.165) is 83.5 Å². The fraction of sp³-hybridized carbons (Fsp3) is 0.877. The average molecular weight is 1070 g/mol. The second-order valence-electron chi connectivity index (χ2n) is 24.7. The molecule has 0 aromatic carbocycles. The maximum Gasteiger partial charge on any atom is 0.306 e. The number of carbonyl (C=O) groups is 6. The predicted octanol–water partition coefficient (Wildman–Crippen LogP) is 16.5. The number of unbranched alkanes of at least 4 members (excludes halogenated alkanes) is 25. The summed E-state index contributed by atoms with van der Waals surface area (Å²) >= 11 is 0. The van der Waals surface area contributed by atoms with Crippen LogP contribution in [0.2, 0.25) is 0 Å². The zero-order valence-corrected chi connectivity index (χ0v) is 49.1. The molecular formula is C65H110O11. The third-order valence-corrected chi connectivity index (χ3v) is 18.3. The lowest BCUT2D eigenvalue weighted by Crippen LogP contribution is -2.51. The highest BCUT2D eigenvalue weighted by Gasteiger charge is 2.60. The zero-order valence-electron chi connectivity index (χ0n) is 49.1. The number of ether oxygens (including phenoxy) is 5. The van der Waals surface area contributed by atoms with Gasteiger partial charge in [-0.2, -0.15) is 0 Å². The van der Waals surface area contributed by atoms with E-state index in [-0.39, 0.29) is 98.5 Å². The molecule has 436 valence electrons. The molecule has 0 aromatic heterocycles. The number of ketones is 1. The van der Waals surface area contributed by atoms with Crippen molar-refractivity contribution >= 4 is 35.6 Å². The molecule has 0 aliphatic heterocycles. The lowest BCUT2D eigenvalue weighted by atomic mass is 9.47. The summed E-state index contributed by atoms with van der Waals surface area (Å²) in [5, 5.41) is 0. The van der Waals surface area contributed by atoms with Crippen LogP contribution in [0, 0.1) is 34.5 Å². The Hall–Kier alpha value is -3.24. The number of fused-ring (bicyclic) bond motifs is 5. The molecule has 11 heteroatoms. The van der Waals surface area contributed by atoms with E-state index in [4.69, 9.17) is 23.7 Å². The van der Waals surface area contributed by atoms with Gasteiger partial charge in [-0.3, -0.25) is 28.8 Å². The van der Waals surface area contributed by atoms with E-state index < -0.39 is 18.0 Å². The van der Waals surface area contributed by atoms with Crippen LogP contribution in [0.5, 0.6) is 0 Å². The van der Waals surface area contributed by atoms with Crippen molar-refractivity contribution in [2.75, 3.05) is 19.8 Å². The SMILES string of the molecule is CCCCCCCCCCCCCCCC(=O)OCC(COC(=O)CCCCCCCCCCCCCCC)OC(=O)CC(C)CC(=O)OCCCCC(=O)O[C@H]1CC[C@H]2[C@@H]3CCC4=CC(=O)CC[C@]4(C)[C@H]3CC[C@]12C. The van der Waals surface area contributed by atoms with Gasteiger partial charge in [0.15, 0.2) is 11.9 Å². The van der Waals surface area contributed by atoms with Gasteiger partial charge in [-0.05, 0) is 106 Å². The number of allylic oxidation sites excluding steroid dienone is 1. The van der Waals surface area contributed by atoms with Gasteiger partial charge in [-0.1, -0.05) is 194 Å². The van der Waals surface area contributed by atoms with Crippen molar-refractivity contribution in [3.05, 3.63) is 11.6 Å². The van der Waals surface area contributed by atoms with Crippen LogP contribution in [0.1, 0.15) is 298 Å². The zero-order chi connectivity index (χ0) is 54.9. The smallest absolute Gasteiger partial charge is 0.306 e. The van der Waals surface area contributed by atoms with E-state index in [1.807, 2.05) is 6.08 Å². The van der Waals surface area contributed by atoms with Crippen LogP contribution in [0.15, 0.2) is 11.6 Å². The van der Waals surface area contributed by atoms with E-state index in [0.29, 0.717) is 37.0 Å². The van der Waals surface area contributed by atoms with Crippen LogP contribution in [-0.4, -0.2) is 67.7 Å². The predicted molar refractivity (Wildman–Crippen MR) is 302 cm³/mol. The van der Waals surface area contributed by atoms with Crippen LogP contribution in [0.3, 0.4) is 0 Å². The molecule has 1 unspecified atom stereocenters. The van der Waals surface area contributed by atoms with E-state index in [9.17, 15) is 28.8 Å². The second kappa shape index (κ2) is 37.6. The second-order valence-corrected chi connectivity index (χ2v) is 24.7. The van der Waals surface area contributed by atoms with Crippen LogP contribution >= 0.6 is 0 Å². The molecule has 4 aliphatic carbocycles. The molecule has 0 radical (unpaired) electrons. The van der Waals surface area contributed by atoms with Crippen molar-refractivity contribution in [2.45, 2.75) is 310 Å². The van der Waals surface area contributed by atoms with Gasteiger partial charge in [0.25, 0.3) is 0 Å². The summed E-state index contributed by atoms with van der Waals surface area (Å²) < 4.78 is 28.5. The molecule has 0 heterocycles. The Balaban J connectivity index is 1.09. The van der Waals surface area contributed by atoms with Gasteiger partial charge < -0.3 is 23.7 Å². The van der Waals surface area contributed by atoms with Gasteiger partial charge in [0.05, 0.1) is 6.61 Å². The van der Waals surface area contributed by atoms with Crippen LogP contribution in [0.4, 0.5) is 0 Å². The van der Waals surface area contributed by atoms with E-state index in [2.05, 4.69) is 27.7 Å². The van der Waals surface area contributed by atoms with Crippen molar-refractivity contribution in [2.24, 2.45) is 34.5 Å².